The standard InChI is InChI=1S/C27H27F3N2O4/c1-16-12-20(34-2)8-9-22(16)31-26(33)32-11-10-17-14-23(35-3)24(36-4)15-21(17)25(32)18-6-5-7-19(13-18)27(28,29)30/h5-9,12-15,25H,10-11H2,1-4H3,(H,31,33)/t25-/m0/s1. The predicted octanol–water partition coefficient (Wildman–Crippen LogP) is 6.22. The fourth-order valence-electron chi connectivity index (χ4n) is 4.50. The van der Waals surface area contributed by atoms with Gasteiger partial charge in [0.15, 0.2) is 11.5 Å². The molecule has 0 aliphatic carbocycles. The van der Waals surface area contributed by atoms with E-state index in [1.807, 2.05) is 13.0 Å². The van der Waals surface area contributed by atoms with Gasteiger partial charge in [0.1, 0.15) is 5.75 Å². The number of rotatable bonds is 5. The van der Waals surface area contributed by atoms with Gasteiger partial charge in [0.2, 0.25) is 0 Å². The van der Waals surface area contributed by atoms with Crippen LogP contribution in [0.15, 0.2) is 54.6 Å². The van der Waals surface area contributed by atoms with Gasteiger partial charge >= 0.3 is 12.2 Å². The molecule has 0 saturated heterocycles. The van der Waals surface area contributed by atoms with Crippen molar-refractivity contribution in [2.45, 2.75) is 25.6 Å². The minimum Gasteiger partial charge on any atom is -0.497 e. The summed E-state index contributed by atoms with van der Waals surface area (Å²) in [6.07, 6.45) is -4.02. The Bertz CT molecular complexity index is 1280. The highest BCUT2D eigenvalue weighted by Gasteiger charge is 2.36. The summed E-state index contributed by atoms with van der Waals surface area (Å²) < 4.78 is 56.8. The number of halogens is 3. The number of hydrogen-bond donors (Lipinski definition) is 1. The van der Waals surface area contributed by atoms with Crippen LogP contribution in [-0.4, -0.2) is 38.8 Å². The molecule has 0 aromatic heterocycles. The average Bonchev–Trinajstić information content (AvgIpc) is 2.87. The Morgan fingerprint density at radius 1 is 0.972 bits per heavy atom. The van der Waals surface area contributed by atoms with Gasteiger partial charge in [-0.15, -0.1) is 0 Å². The second-order valence-electron chi connectivity index (χ2n) is 8.49. The number of methoxy groups -OCH3 is 3. The number of benzene rings is 3. The quantitative estimate of drug-likeness (QED) is 0.452. The zero-order chi connectivity index (χ0) is 26.0. The van der Waals surface area contributed by atoms with E-state index in [0.29, 0.717) is 47.0 Å². The van der Waals surface area contributed by atoms with Crippen LogP contribution in [0.3, 0.4) is 0 Å². The van der Waals surface area contributed by atoms with Crippen molar-refractivity contribution in [3.05, 3.63) is 82.4 Å². The summed E-state index contributed by atoms with van der Waals surface area (Å²) >= 11 is 0. The second-order valence-corrected chi connectivity index (χ2v) is 8.49. The van der Waals surface area contributed by atoms with Crippen molar-refractivity contribution in [3.8, 4) is 17.2 Å². The molecule has 0 saturated carbocycles. The van der Waals surface area contributed by atoms with Crippen LogP contribution in [0.25, 0.3) is 0 Å². The van der Waals surface area contributed by atoms with E-state index in [-0.39, 0.29) is 0 Å². The average molecular weight is 501 g/mol. The number of amides is 2. The zero-order valence-corrected chi connectivity index (χ0v) is 20.4. The van der Waals surface area contributed by atoms with Crippen molar-refractivity contribution in [1.29, 1.82) is 0 Å². The molecule has 1 heterocycles. The molecule has 3 aromatic carbocycles. The normalized spacial score (nSPS) is 15.2. The molecule has 0 radical (unpaired) electrons. The van der Waals surface area contributed by atoms with Crippen LogP contribution in [-0.2, 0) is 12.6 Å². The van der Waals surface area contributed by atoms with Crippen LogP contribution < -0.4 is 19.5 Å². The fourth-order valence-corrected chi connectivity index (χ4v) is 4.50. The minimum atomic E-state index is -4.52. The van der Waals surface area contributed by atoms with Crippen LogP contribution in [0.1, 0.15) is 33.9 Å². The molecule has 36 heavy (non-hydrogen) atoms. The van der Waals surface area contributed by atoms with Crippen molar-refractivity contribution < 1.29 is 32.2 Å². The number of anilines is 1. The Kier molecular flexibility index (Phi) is 7.01. The maximum atomic E-state index is 13.6. The molecule has 0 unspecified atom stereocenters. The van der Waals surface area contributed by atoms with Crippen LogP contribution >= 0.6 is 0 Å². The first kappa shape index (κ1) is 25.2. The first-order chi connectivity index (χ1) is 17.2. The van der Waals surface area contributed by atoms with Gasteiger partial charge in [-0.1, -0.05) is 12.1 Å². The van der Waals surface area contributed by atoms with Crippen LogP contribution in [0, 0.1) is 6.92 Å². The molecule has 0 bridgehead atoms. The predicted molar refractivity (Wildman–Crippen MR) is 130 cm³/mol. The van der Waals surface area contributed by atoms with Gasteiger partial charge in [-0.2, -0.15) is 13.2 Å². The Hall–Kier alpha value is -3.88. The van der Waals surface area contributed by atoms with Gasteiger partial charge < -0.3 is 24.4 Å². The Labute approximate surface area is 207 Å². The molecule has 0 fully saturated rings. The lowest BCUT2D eigenvalue weighted by Crippen LogP contribution is -2.43. The summed E-state index contributed by atoms with van der Waals surface area (Å²) in [6.45, 7) is 2.13. The van der Waals surface area contributed by atoms with E-state index in [2.05, 4.69) is 5.32 Å². The van der Waals surface area contributed by atoms with E-state index in [1.165, 1.54) is 20.3 Å². The third-order valence-corrected chi connectivity index (χ3v) is 6.34. The molecule has 2 amide bonds. The summed E-state index contributed by atoms with van der Waals surface area (Å²) in [6, 6.07) is 12.7. The van der Waals surface area contributed by atoms with Gasteiger partial charge in [-0.3, -0.25) is 0 Å². The van der Waals surface area contributed by atoms with E-state index < -0.39 is 23.8 Å². The van der Waals surface area contributed by atoms with Crippen LogP contribution in [0.5, 0.6) is 17.2 Å². The summed E-state index contributed by atoms with van der Waals surface area (Å²) in [5.74, 6) is 1.60. The third kappa shape index (κ3) is 4.91. The van der Waals surface area contributed by atoms with Crippen molar-refractivity contribution in [1.82, 2.24) is 4.90 Å². The number of nitrogens with zero attached hydrogens (tertiary/aromatic N) is 1. The first-order valence-electron chi connectivity index (χ1n) is 11.3. The fraction of sp³-hybridized carbons (Fsp3) is 0.296. The summed E-state index contributed by atoms with van der Waals surface area (Å²) in [5.41, 5.74) is 2.50. The number of carbonyl (C=O) groups is 1. The van der Waals surface area contributed by atoms with Crippen molar-refractivity contribution in [2.24, 2.45) is 0 Å². The highest BCUT2D eigenvalue weighted by molar-refractivity contribution is 5.91. The van der Waals surface area contributed by atoms with Crippen LogP contribution in [0.4, 0.5) is 23.7 Å². The molecule has 9 heteroatoms. The van der Waals surface area contributed by atoms with E-state index in [1.54, 1.807) is 42.3 Å². The van der Waals surface area contributed by atoms with Crippen molar-refractivity contribution in [3.63, 3.8) is 0 Å². The van der Waals surface area contributed by atoms with Gasteiger partial charge in [0, 0.05) is 12.2 Å². The largest absolute Gasteiger partial charge is 0.497 e. The van der Waals surface area contributed by atoms with Crippen molar-refractivity contribution >= 4 is 11.7 Å². The number of urea groups is 1. The SMILES string of the molecule is COc1ccc(NC(=O)N2CCc3cc(OC)c(OC)cc3[C@@H]2c2cccc(C(F)(F)F)c2)c(C)c1. The number of alkyl halides is 3. The number of aryl methyl sites for hydroxylation is 1. The highest BCUT2D eigenvalue weighted by Crippen LogP contribution is 2.42. The van der Waals surface area contributed by atoms with Crippen molar-refractivity contribution in [2.75, 3.05) is 33.2 Å². The number of fused-ring (bicyclic) bond motifs is 1. The van der Waals surface area contributed by atoms with E-state index in [0.717, 1.165) is 23.3 Å². The Morgan fingerprint density at radius 2 is 1.69 bits per heavy atom. The van der Waals surface area contributed by atoms with Crippen LogP contribution in [0.2, 0.25) is 0 Å². The summed E-state index contributed by atoms with van der Waals surface area (Å²) in [4.78, 5) is 15.1. The maximum absolute atomic E-state index is 13.6. The minimum absolute atomic E-state index is 0.296. The van der Waals surface area contributed by atoms with E-state index >= 15 is 0 Å². The number of hydrogen-bond acceptors (Lipinski definition) is 4. The maximum Gasteiger partial charge on any atom is 0.416 e. The topological polar surface area (TPSA) is 60.0 Å². The second kappa shape index (κ2) is 10.0. The van der Waals surface area contributed by atoms with Gasteiger partial charge in [0.05, 0.1) is 32.9 Å². The zero-order valence-electron chi connectivity index (χ0n) is 20.4. The Balaban J connectivity index is 1.79. The summed E-state index contributed by atoms with van der Waals surface area (Å²) in [5, 5.41) is 2.91. The molecule has 190 valence electrons. The molecular weight excluding hydrogens is 473 g/mol. The van der Waals surface area contributed by atoms with Gasteiger partial charge in [0.25, 0.3) is 0 Å². The monoisotopic (exact) mass is 500 g/mol. The molecule has 3 aromatic rings. The molecule has 0 spiro atoms. The number of carbonyl (C=O) groups excluding carboxylic acids is 1. The van der Waals surface area contributed by atoms with E-state index in [4.69, 9.17) is 14.2 Å². The number of ether oxygens (including phenoxy) is 3. The molecule has 1 N–H and O–H groups in total. The number of nitrogens with one attached hydrogen (secondary N) is 1. The molecule has 1 aliphatic heterocycles. The lowest BCUT2D eigenvalue weighted by Gasteiger charge is -2.38. The smallest absolute Gasteiger partial charge is 0.416 e. The van der Waals surface area contributed by atoms with Gasteiger partial charge in [-0.05, 0) is 78.1 Å². The molecule has 6 nitrogen and oxygen atoms in total. The molecule has 4 rings (SSSR count). The van der Waals surface area contributed by atoms with E-state index in [9.17, 15) is 18.0 Å². The first-order valence-corrected chi connectivity index (χ1v) is 11.3. The third-order valence-electron chi connectivity index (χ3n) is 6.34. The molecule has 1 atom stereocenters. The highest BCUT2D eigenvalue weighted by atomic mass is 19.4. The molecule has 1 aliphatic rings. The lowest BCUT2D eigenvalue weighted by atomic mass is 9.87. The molecular formula is C27H27F3N2O4. The summed E-state index contributed by atoms with van der Waals surface area (Å²) in [7, 11) is 4.57. The lowest BCUT2D eigenvalue weighted by molar-refractivity contribution is -0.137. The Morgan fingerprint density at radius 3 is 2.33 bits per heavy atom. The van der Waals surface area contributed by atoms with Gasteiger partial charge in [-0.25, -0.2) is 4.79 Å².